The SMILES string of the molecule is OCCOCCOCCOCCOCCOCCOCCOCCOCCOCCOCCF. The van der Waals surface area contributed by atoms with Crippen molar-refractivity contribution < 1.29 is 56.9 Å². The minimum absolute atomic E-state index is 0.0246. The molecule has 0 bridgehead atoms. The van der Waals surface area contributed by atoms with E-state index in [2.05, 4.69) is 0 Å². The largest absolute Gasteiger partial charge is 0.394 e. The van der Waals surface area contributed by atoms with Crippen molar-refractivity contribution in [2.45, 2.75) is 0 Å². The lowest BCUT2D eigenvalue weighted by atomic mass is 10.6. The monoisotopic (exact) mass is 504 g/mol. The first-order chi connectivity index (χ1) is 16.9. The smallest absolute Gasteiger partial charge is 0.113 e. The van der Waals surface area contributed by atoms with Crippen LogP contribution < -0.4 is 0 Å². The van der Waals surface area contributed by atoms with Crippen LogP contribution in [0.25, 0.3) is 0 Å². The van der Waals surface area contributed by atoms with E-state index in [-0.39, 0.29) is 13.2 Å². The normalized spacial score (nSPS) is 11.5. The van der Waals surface area contributed by atoms with Crippen LogP contribution in [0.5, 0.6) is 0 Å². The van der Waals surface area contributed by atoms with Gasteiger partial charge in [-0.05, 0) is 0 Å². The first-order valence-corrected chi connectivity index (χ1v) is 11.9. The number of ether oxygens (including phenoxy) is 10. The van der Waals surface area contributed by atoms with Crippen molar-refractivity contribution in [2.75, 3.05) is 145 Å². The lowest BCUT2D eigenvalue weighted by molar-refractivity contribution is -0.0269. The van der Waals surface area contributed by atoms with E-state index in [1.54, 1.807) is 0 Å². The molecule has 11 nitrogen and oxygen atoms in total. The predicted octanol–water partition coefficient (Wildman–Crippen LogP) is 0.114. The maximum Gasteiger partial charge on any atom is 0.113 e. The Morgan fingerprint density at radius 2 is 0.471 bits per heavy atom. The molecule has 0 amide bonds. The third-order valence-corrected chi connectivity index (χ3v) is 3.81. The van der Waals surface area contributed by atoms with Crippen LogP contribution in [-0.4, -0.2) is 151 Å². The molecule has 1 N–H and O–H groups in total. The highest BCUT2D eigenvalue weighted by molar-refractivity contribution is 4.38. The molecule has 0 aromatic heterocycles. The third kappa shape index (κ3) is 31.5. The van der Waals surface area contributed by atoms with E-state index < -0.39 is 6.67 Å². The molecular formula is C22H45FO11. The Morgan fingerprint density at radius 3 is 0.647 bits per heavy atom. The van der Waals surface area contributed by atoms with Gasteiger partial charge in [-0.2, -0.15) is 0 Å². The molecule has 0 aliphatic heterocycles. The highest BCUT2D eigenvalue weighted by Gasteiger charge is 1.95. The van der Waals surface area contributed by atoms with Gasteiger partial charge in [0.05, 0.1) is 139 Å². The van der Waals surface area contributed by atoms with Crippen molar-refractivity contribution in [1.82, 2.24) is 0 Å². The zero-order valence-corrected chi connectivity index (χ0v) is 20.5. The molecule has 0 heterocycles. The Balaban J connectivity index is 2.99. The molecule has 0 unspecified atom stereocenters. The summed E-state index contributed by atoms with van der Waals surface area (Å²) in [5.41, 5.74) is 0. The molecule has 0 aromatic rings. The molecule has 0 rings (SSSR count). The van der Waals surface area contributed by atoms with Gasteiger partial charge in [0.15, 0.2) is 0 Å². The lowest BCUT2D eigenvalue weighted by Gasteiger charge is -2.09. The maximum absolute atomic E-state index is 11.8. The molecule has 0 saturated heterocycles. The van der Waals surface area contributed by atoms with Crippen molar-refractivity contribution in [2.24, 2.45) is 0 Å². The fourth-order valence-electron chi connectivity index (χ4n) is 2.20. The zero-order chi connectivity index (χ0) is 24.6. The second-order valence-corrected chi connectivity index (χ2v) is 6.54. The van der Waals surface area contributed by atoms with E-state index in [1.165, 1.54) is 0 Å². The van der Waals surface area contributed by atoms with Crippen molar-refractivity contribution in [3.8, 4) is 0 Å². The van der Waals surface area contributed by atoms with Gasteiger partial charge in [-0.1, -0.05) is 0 Å². The summed E-state index contributed by atoms with van der Waals surface area (Å²) in [6, 6.07) is 0. The average molecular weight is 505 g/mol. The van der Waals surface area contributed by atoms with Gasteiger partial charge >= 0.3 is 0 Å². The van der Waals surface area contributed by atoms with Crippen LogP contribution in [0, 0.1) is 0 Å². The molecule has 206 valence electrons. The molecule has 0 atom stereocenters. The van der Waals surface area contributed by atoms with Crippen LogP contribution in [-0.2, 0) is 47.4 Å². The maximum atomic E-state index is 11.8. The van der Waals surface area contributed by atoms with Crippen LogP contribution in [0.1, 0.15) is 0 Å². The summed E-state index contributed by atoms with van der Waals surface area (Å²) in [6.45, 7) is 8.74. The van der Waals surface area contributed by atoms with Crippen LogP contribution in [0.4, 0.5) is 4.39 Å². The van der Waals surface area contributed by atoms with E-state index >= 15 is 0 Å². The molecule has 12 heteroatoms. The topological polar surface area (TPSA) is 113 Å². The molecular weight excluding hydrogens is 459 g/mol. The van der Waals surface area contributed by atoms with Gasteiger partial charge in [0.25, 0.3) is 0 Å². The van der Waals surface area contributed by atoms with Crippen molar-refractivity contribution in [1.29, 1.82) is 0 Å². The first kappa shape index (κ1) is 33.5. The van der Waals surface area contributed by atoms with Gasteiger partial charge in [0.2, 0.25) is 0 Å². The molecule has 34 heavy (non-hydrogen) atoms. The molecule has 0 aliphatic carbocycles. The van der Waals surface area contributed by atoms with E-state index in [0.717, 1.165) is 0 Å². The van der Waals surface area contributed by atoms with E-state index in [4.69, 9.17) is 52.5 Å². The van der Waals surface area contributed by atoms with E-state index in [9.17, 15) is 4.39 Å². The molecule has 0 fully saturated rings. The fourth-order valence-corrected chi connectivity index (χ4v) is 2.20. The number of hydrogen-bond donors (Lipinski definition) is 1. The van der Waals surface area contributed by atoms with Crippen LogP contribution in [0.15, 0.2) is 0 Å². The Hall–Kier alpha value is -0.510. The Bertz CT molecular complexity index is 325. The van der Waals surface area contributed by atoms with Crippen LogP contribution in [0.2, 0.25) is 0 Å². The predicted molar refractivity (Wildman–Crippen MR) is 121 cm³/mol. The number of rotatable bonds is 31. The summed E-state index contributed by atoms with van der Waals surface area (Å²) in [7, 11) is 0. The summed E-state index contributed by atoms with van der Waals surface area (Å²) in [5.74, 6) is 0. The summed E-state index contributed by atoms with van der Waals surface area (Å²) in [5, 5.41) is 8.54. The van der Waals surface area contributed by atoms with E-state index in [0.29, 0.717) is 126 Å². The Labute approximate surface area is 202 Å². The van der Waals surface area contributed by atoms with Gasteiger partial charge in [0, 0.05) is 0 Å². The molecule has 0 saturated carbocycles. The number of aliphatic hydroxyl groups excluding tert-OH is 1. The van der Waals surface area contributed by atoms with E-state index in [1.807, 2.05) is 0 Å². The average Bonchev–Trinajstić information content (AvgIpc) is 2.85. The molecule has 0 aliphatic rings. The van der Waals surface area contributed by atoms with Gasteiger partial charge in [-0.3, -0.25) is 0 Å². The van der Waals surface area contributed by atoms with Gasteiger partial charge in [-0.25, -0.2) is 4.39 Å². The number of hydrogen-bond acceptors (Lipinski definition) is 11. The highest BCUT2D eigenvalue weighted by atomic mass is 19.1. The number of alkyl halides is 1. The quantitative estimate of drug-likeness (QED) is 0.130. The van der Waals surface area contributed by atoms with Crippen molar-refractivity contribution in [3.05, 3.63) is 0 Å². The second kappa shape index (κ2) is 32.5. The minimum atomic E-state index is -0.474. The minimum Gasteiger partial charge on any atom is -0.394 e. The van der Waals surface area contributed by atoms with Crippen LogP contribution in [0.3, 0.4) is 0 Å². The standard InChI is InChI=1S/C22H45FO11/c23-1-3-25-5-7-27-9-11-29-13-15-31-17-19-33-21-22-34-20-18-32-16-14-30-12-10-28-8-6-26-4-2-24/h24H,1-22H2. The summed E-state index contributed by atoms with van der Waals surface area (Å²) < 4.78 is 64.7. The third-order valence-electron chi connectivity index (χ3n) is 3.81. The fraction of sp³-hybridized carbons (Fsp3) is 1.00. The molecule has 0 radical (unpaired) electrons. The highest BCUT2D eigenvalue weighted by Crippen LogP contribution is 1.86. The van der Waals surface area contributed by atoms with Gasteiger partial charge in [0.1, 0.15) is 6.67 Å². The molecule has 0 aromatic carbocycles. The first-order valence-electron chi connectivity index (χ1n) is 11.9. The van der Waals surface area contributed by atoms with Crippen molar-refractivity contribution >= 4 is 0 Å². The molecule has 0 spiro atoms. The zero-order valence-electron chi connectivity index (χ0n) is 20.5. The van der Waals surface area contributed by atoms with Gasteiger partial charge in [-0.15, -0.1) is 0 Å². The van der Waals surface area contributed by atoms with Crippen molar-refractivity contribution in [3.63, 3.8) is 0 Å². The summed E-state index contributed by atoms with van der Waals surface area (Å²) >= 11 is 0. The Kier molecular flexibility index (Phi) is 32.0. The van der Waals surface area contributed by atoms with Crippen LogP contribution >= 0.6 is 0 Å². The van der Waals surface area contributed by atoms with Gasteiger partial charge < -0.3 is 52.5 Å². The number of halogens is 1. The Morgan fingerprint density at radius 1 is 0.294 bits per heavy atom. The lowest BCUT2D eigenvalue weighted by Crippen LogP contribution is -2.15. The number of aliphatic hydroxyl groups is 1. The second-order valence-electron chi connectivity index (χ2n) is 6.54. The summed E-state index contributed by atoms with van der Waals surface area (Å²) in [6.07, 6.45) is 0. The summed E-state index contributed by atoms with van der Waals surface area (Å²) in [4.78, 5) is 0.